The van der Waals surface area contributed by atoms with Crippen LogP contribution in [0.2, 0.25) is 0 Å². The number of ether oxygens (including phenoxy) is 1. The molecule has 44 heavy (non-hydrogen) atoms. The number of aryl methyl sites for hydroxylation is 1. The van der Waals surface area contributed by atoms with Crippen molar-refractivity contribution >= 4 is 34.4 Å². The summed E-state index contributed by atoms with van der Waals surface area (Å²) in [5.41, 5.74) is 9.52. The molecule has 1 unspecified atom stereocenters. The van der Waals surface area contributed by atoms with Gasteiger partial charge in [0.05, 0.1) is 25.5 Å². The third-order valence-electron chi connectivity index (χ3n) is 6.46. The van der Waals surface area contributed by atoms with E-state index >= 15 is 0 Å². The van der Waals surface area contributed by atoms with Crippen molar-refractivity contribution in [2.24, 2.45) is 5.73 Å². The molecule has 3 aromatic rings. The zero-order chi connectivity index (χ0) is 31.7. The SMILES string of the molecule is CCOC(=O)NC(C)c1cccc(CC(=O)N/C(=C/C=C(\N)CCCCc2nnc(NC(=O)Cc3ccccc3)s2)NC)c1. The lowest BCUT2D eigenvalue weighted by atomic mass is 10.0. The van der Waals surface area contributed by atoms with Crippen LogP contribution in [-0.2, 0) is 33.6 Å². The zero-order valence-corrected chi connectivity index (χ0v) is 26.2. The van der Waals surface area contributed by atoms with E-state index in [0.29, 0.717) is 36.1 Å². The number of nitrogens with two attached hydrogens (primary N) is 1. The summed E-state index contributed by atoms with van der Waals surface area (Å²) in [7, 11) is 1.72. The highest BCUT2D eigenvalue weighted by atomic mass is 32.1. The van der Waals surface area contributed by atoms with Crippen LogP contribution in [0.4, 0.5) is 9.93 Å². The second-order valence-corrected chi connectivity index (χ2v) is 11.1. The van der Waals surface area contributed by atoms with Crippen LogP contribution in [0.25, 0.3) is 0 Å². The van der Waals surface area contributed by atoms with Crippen LogP contribution in [0.5, 0.6) is 0 Å². The van der Waals surface area contributed by atoms with Crippen molar-refractivity contribution in [2.75, 3.05) is 19.0 Å². The highest BCUT2D eigenvalue weighted by Crippen LogP contribution is 2.19. The molecule has 1 aromatic heterocycles. The standard InChI is InChI=1S/C32H41N7O4S/c1-4-43-32(42)35-22(2)25-14-10-13-24(19-25)21-28(40)36-27(34-3)18-17-26(33)15-8-9-16-30-38-39-31(44-30)37-29(41)20-23-11-6-5-7-12-23/h5-7,10-14,17-19,22,34H,4,8-9,15-16,20-21,33H2,1-3H3,(H,35,42)(H,36,40)(H,37,39,41)/b26-17-,27-18+. The molecule has 0 saturated carbocycles. The van der Waals surface area contributed by atoms with Crippen LogP contribution in [0, 0.1) is 0 Å². The average molecular weight is 620 g/mol. The number of rotatable bonds is 16. The number of aromatic nitrogens is 2. The number of unbranched alkanes of at least 4 members (excludes halogenated alkanes) is 1. The fraction of sp³-hybridized carbons (Fsp3) is 0.344. The Morgan fingerprint density at radius 1 is 0.977 bits per heavy atom. The molecule has 2 aromatic carbocycles. The van der Waals surface area contributed by atoms with Gasteiger partial charge in [-0.1, -0.05) is 65.9 Å². The molecule has 0 aliphatic carbocycles. The number of nitrogens with one attached hydrogen (secondary N) is 4. The number of nitrogens with zero attached hydrogens (tertiary/aromatic N) is 2. The van der Waals surface area contributed by atoms with E-state index in [1.165, 1.54) is 11.3 Å². The number of benzene rings is 2. The molecule has 0 aliphatic heterocycles. The maximum absolute atomic E-state index is 12.7. The third-order valence-corrected chi connectivity index (χ3v) is 7.36. The Bertz CT molecular complexity index is 1440. The van der Waals surface area contributed by atoms with Gasteiger partial charge >= 0.3 is 6.09 Å². The quantitative estimate of drug-likeness (QED) is 0.116. The van der Waals surface area contributed by atoms with Gasteiger partial charge in [0.15, 0.2) is 0 Å². The van der Waals surface area contributed by atoms with E-state index in [1.807, 2.05) is 61.5 Å². The summed E-state index contributed by atoms with van der Waals surface area (Å²) in [6, 6.07) is 16.8. The Hall–Kier alpha value is -4.71. The van der Waals surface area contributed by atoms with Crippen LogP contribution in [-0.4, -0.2) is 41.8 Å². The first-order valence-corrected chi connectivity index (χ1v) is 15.4. The van der Waals surface area contributed by atoms with E-state index in [0.717, 1.165) is 41.0 Å². The van der Waals surface area contributed by atoms with Gasteiger partial charge in [0.1, 0.15) is 10.8 Å². The van der Waals surface area contributed by atoms with Gasteiger partial charge in [-0.05, 0) is 62.0 Å². The maximum Gasteiger partial charge on any atom is 0.407 e. The number of carbonyl (C=O) groups excluding carboxylic acids is 3. The molecule has 3 amide bonds. The predicted molar refractivity (Wildman–Crippen MR) is 173 cm³/mol. The second-order valence-electron chi connectivity index (χ2n) is 10.0. The first kappa shape index (κ1) is 33.8. The molecule has 11 nitrogen and oxygen atoms in total. The topological polar surface area (TPSA) is 160 Å². The maximum atomic E-state index is 12.7. The molecule has 0 radical (unpaired) electrons. The fourth-order valence-electron chi connectivity index (χ4n) is 4.20. The van der Waals surface area contributed by atoms with Gasteiger partial charge in [-0.3, -0.25) is 9.59 Å². The van der Waals surface area contributed by atoms with Crippen molar-refractivity contribution in [3.8, 4) is 0 Å². The molecular formula is C32H41N7O4S. The Morgan fingerprint density at radius 2 is 1.73 bits per heavy atom. The fourth-order valence-corrected chi connectivity index (χ4v) is 5.00. The van der Waals surface area contributed by atoms with Gasteiger partial charge in [0.25, 0.3) is 0 Å². The molecule has 0 bridgehead atoms. The second kappa shape index (κ2) is 18.1. The summed E-state index contributed by atoms with van der Waals surface area (Å²) in [6.45, 7) is 3.90. The number of hydrogen-bond donors (Lipinski definition) is 5. The first-order valence-electron chi connectivity index (χ1n) is 14.6. The summed E-state index contributed by atoms with van der Waals surface area (Å²) in [5, 5.41) is 21.0. The normalized spacial score (nSPS) is 12.2. The summed E-state index contributed by atoms with van der Waals surface area (Å²) < 4.78 is 4.94. The van der Waals surface area contributed by atoms with E-state index in [-0.39, 0.29) is 24.3 Å². The van der Waals surface area contributed by atoms with Crippen LogP contribution in [0.1, 0.15) is 60.8 Å². The minimum atomic E-state index is -0.480. The molecule has 1 atom stereocenters. The minimum Gasteiger partial charge on any atom is -0.450 e. The number of alkyl carbamates (subject to hydrolysis) is 1. The van der Waals surface area contributed by atoms with E-state index in [4.69, 9.17) is 10.5 Å². The van der Waals surface area contributed by atoms with Crippen molar-refractivity contribution in [3.63, 3.8) is 0 Å². The lowest BCUT2D eigenvalue weighted by Gasteiger charge is -2.15. The summed E-state index contributed by atoms with van der Waals surface area (Å²) in [4.78, 5) is 36.7. The van der Waals surface area contributed by atoms with E-state index in [9.17, 15) is 14.4 Å². The summed E-state index contributed by atoms with van der Waals surface area (Å²) in [5.74, 6) is 0.224. The van der Waals surface area contributed by atoms with Crippen molar-refractivity contribution < 1.29 is 19.1 Å². The number of anilines is 1. The molecule has 234 valence electrons. The smallest absolute Gasteiger partial charge is 0.407 e. The van der Waals surface area contributed by atoms with Gasteiger partial charge in [-0.15, -0.1) is 10.2 Å². The molecule has 0 aliphatic rings. The van der Waals surface area contributed by atoms with E-state index in [1.54, 1.807) is 26.1 Å². The van der Waals surface area contributed by atoms with Gasteiger partial charge in [-0.25, -0.2) is 4.79 Å². The molecular weight excluding hydrogens is 578 g/mol. The highest BCUT2D eigenvalue weighted by molar-refractivity contribution is 7.15. The van der Waals surface area contributed by atoms with Crippen LogP contribution in [0.3, 0.4) is 0 Å². The van der Waals surface area contributed by atoms with Crippen molar-refractivity contribution in [2.45, 2.75) is 58.4 Å². The molecule has 0 fully saturated rings. The monoisotopic (exact) mass is 619 g/mol. The lowest BCUT2D eigenvalue weighted by molar-refractivity contribution is -0.120. The first-order chi connectivity index (χ1) is 21.2. The molecule has 6 N–H and O–H groups in total. The summed E-state index contributed by atoms with van der Waals surface area (Å²) >= 11 is 1.38. The Kier molecular flexibility index (Phi) is 13.9. The number of carbonyl (C=O) groups is 3. The Morgan fingerprint density at radius 3 is 2.48 bits per heavy atom. The van der Waals surface area contributed by atoms with Gasteiger partial charge in [0.2, 0.25) is 16.9 Å². The summed E-state index contributed by atoms with van der Waals surface area (Å²) in [6.07, 6.45) is 6.65. The van der Waals surface area contributed by atoms with Gasteiger partial charge < -0.3 is 31.7 Å². The van der Waals surface area contributed by atoms with Crippen LogP contribution in [0.15, 0.2) is 78.3 Å². The number of allylic oxidation sites excluding steroid dienone is 3. The van der Waals surface area contributed by atoms with Gasteiger partial charge in [0, 0.05) is 19.2 Å². The average Bonchev–Trinajstić information content (AvgIpc) is 3.44. The van der Waals surface area contributed by atoms with Crippen molar-refractivity contribution in [1.29, 1.82) is 0 Å². The largest absolute Gasteiger partial charge is 0.450 e. The minimum absolute atomic E-state index is 0.119. The Balaban J connectivity index is 1.40. The molecule has 12 heteroatoms. The highest BCUT2D eigenvalue weighted by Gasteiger charge is 2.12. The molecule has 0 spiro atoms. The van der Waals surface area contributed by atoms with Crippen molar-refractivity contribution in [1.82, 2.24) is 26.1 Å². The van der Waals surface area contributed by atoms with Crippen LogP contribution < -0.4 is 27.0 Å². The third kappa shape index (κ3) is 12.3. The molecule has 3 rings (SSSR count). The molecule has 0 saturated heterocycles. The molecule has 1 heterocycles. The zero-order valence-electron chi connectivity index (χ0n) is 25.4. The number of amides is 3. The number of hydrogen-bond acceptors (Lipinski definition) is 9. The predicted octanol–water partition coefficient (Wildman–Crippen LogP) is 4.50. The Labute approximate surface area is 262 Å². The van der Waals surface area contributed by atoms with E-state index in [2.05, 4.69) is 31.5 Å². The lowest BCUT2D eigenvalue weighted by Crippen LogP contribution is -2.31. The van der Waals surface area contributed by atoms with Crippen molar-refractivity contribution in [3.05, 3.63) is 100.0 Å². The van der Waals surface area contributed by atoms with E-state index < -0.39 is 6.09 Å². The van der Waals surface area contributed by atoms with Crippen LogP contribution >= 0.6 is 11.3 Å². The van der Waals surface area contributed by atoms with Gasteiger partial charge in [-0.2, -0.15) is 0 Å².